The Hall–Kier alpha value is -3.00. The van der Waals surface area contributed by atoms with Gasteiger partial charge in [-0.1, -0.05) is 25.8 Å². The number of hydrogen-bond donors (Lipinski definition) is 2. The highest BCUT2D eigenvalue weighted by Crippen LogP contribution is 2.11. The van der Waals surface area contributed by atoms with Crippen molar-refractivity contribution in [1.29, 1.82) is 5.41 Å². The highest BCUT2D eigenvalue weighted by Gasteiger charge is 2.17. The van der Waals surface area contributed by atoms with E-state index in [1.807, 2.05) is 6.07 Å². The monoisotopic (exact) mass is 397 g/mol. The predicted molar refractivity (Wildman–Crippen MR) is 111 cm³/mol. The van der Waals surface area contributed by atoms with Crippen LogP contribution in [0, 0.1) is 5.41 Å². The minimum Gasteiger partial charge on any atom is -0.385 e. The molecule has 0 radical (unpaired) electrons. The van der Waals surface area contributed by atoms with Gasteiger partial charge in [-0.25, -0.2) is 4.98 Å². The summed E-state index contributed by atoms with van der Waals surface area (Å²) in [6.45, 7) is 3.58. The second-order valence-electron chi connectivity index (χ2n) is 6.95. The van der Waals surface area contributed by atoms with Gasteiger partial charge in [-0.15, -0.1) is 0 Å². The van der Waals surface area contributed by atoms with Crippen molar-refractivity contribution in [2.24, 2.45) is 0 Å². The van der Waals surface area contributed by atoms with Crippen molar-refractivity contribution in [2.45, 2.75) is 39.2 Å². The van der Waals surface area contributed by atoms with Crippen LogP contribution < -0.4 is 16.4 Å². The number of amides is 1. The van der Waals surface area contributed by atoms with E-state index in [1.54, 1.807) is 30.0 Å². The molecule has 1 amide bonds. The topological polar surface area (TPSA) is 101 Å². The molecule has 0 aliphatic carbocycles. The largest absolute Gasteiger partial charge is 0.385 e. The molecule has 0 bridgehead atoms. The lowest BCUT2D eigenvalue weighted by Crippen LogP contribution is -2.35. The van der Waals surface area contributed by atoms with Gasteiger partial charge in [-0.3, -0.25) is 19.4 Å². The summed E-state index contributed by atoms with van der Waals surface area (Å²) >= 11 is 0. The molecule has 3 aromatic rings. The number of fused-ring (bicyclic) bond motifs is 2. The van der Waals surface area contributed by atoms with E-state index in [0.717, 1.165) is 19.3 Å². The first kappa shape index (κ1) is 20.7. The van der Waals surface area contributed by atoms with E-state index >= 15 is 0 Å². The third-order valence-electron chi connectivity index (χ3n) is 4.86. The summed E-state index contributed by atoms with van der Waals surface area (Å²) < 4.78 is 8.20. The zero-order chi connectivity index (χ0) is 20.8. The number of pyridine rings is 2. The summed E-state index contributed by atoms with van der Waals surface area (Å²) in [4.78, 5) is 30.4. The Balaban J connectivity index is 2.14. The highest BCUT2D eigenvalue weighted by atomic mass is 16.5. The molecule has 3 rings (SSSR count). The first-order chi connectivity index (χ1) is 14.1. The Morgan fingerprint density at radius 2 is 2.10 bits per heavy atom. The Bertz CT molecular complexity index is 1130. The minimum absolute atomic E-state index is 0.0498. The van der Waals surface area contributed by atoms with E-state index < -0.39 is 0 Å². The van der Waals surface area contributed by atoms with Gasteiger partial charge >= 0.3 is 0 Å². The average molecular weight is 397 g/mol. The fraction of sp³-hybridized carbons (Fsp3) is 0.429. The van der Waals surface area contributed by atoms with Gasteiger partial charge in [0, 0.05) is 33.0 Å². The summed E-state index contributed by atoms with van der Waals surface area (Å²) in [5, 5.41) is 11.8. The Morgan fingerprint density at radius 3 is 2.86 bits per heavy atom. The number of carbonyl (C=O) groups is 1. The van der Waals surface area contributed by atoms with E-state index in [0.29, 0.717) is 42.8 Å². The molecule has 154 valence electrons. The number of aromatic nitrogens is 3. The fourth-order valence-electron chi connectivity index (χ4n) is 3.32. The molecule has 0 fully saturated rings. The van der Waals surface area contributed by atoms with Crippen molar-refractivity contribution < 1.29 is 9.53 Å². The zero-order valence-corrected chi connectivity index (χ0v) is 16.9. The van der Waals surface area contributed by atoms with E-state index in [1.165, 1.54) is 10.5 Å². The number of rotatable bonds is 9. The smallest absolute Gasteiger partial charge is 0.267 e. The summed E-state index contributed by atoms with van der Waals surface area (Å²) in [5.41, 5.74) is 0.882. The maximum Gasteiger partial charge on any atom is 0.267 e. The van der Waals surface area contributed by atoms with Crippen LogP contribution in [0.25, 0.3) is 16.7 Å². The second-order valence-corrected chi connectivity index (χ2v) is 6.95. The third-order valence-corrected chi connectivity index (χ3v) is 4.86. The summed E-state index contributed by atoms with van der Waals surface area (Å²) in [6.07, 6.45) is 5.26. The number of hydrogen-bond acceptors (Lipinski definition) is 5. The minimum atomic E-state index is -0.342. The van der Waals surface area contributed by atoms with Crippen molar-refractivity contribution in [1.82, 2.24) is 19.3 Å². The quantitative estimate of drug-likeness (QED) is 0.426. The number of nitrogens with one attached hydrogen (secondary N) is 2. The number of methoxy groups -OCH3 is 1. The molecule has 3 heterocycles. The molecule has 8 heteroatoms. The number of ether oxygens (including phenoxy) is 1. The van der Waals surface area contributed by atoms with Crippen LogP contribution >= 0.6 is 0 Å². The van der Waals surface area contributed by atoms with Crippen LogP contribution in [0.4, 0.5) is 0 Å². The molecule has 3 aromatic heterocycles. The van der Waals surface area contributed by atoms with Gasteiger partial charge in [0.25, 0.3) is 11.5 Å². The van der Waals surface area contributed by atoms with Crippen LogP contribution in [-0.2, 0) is 11.3 Å². The van der Waals surface area contributed by atoms with Crippen LogP contribution in [0.15, 0.2) is 35.3 Å². The number of aryl methyl sites for hydroxylation is 1. The van der Waals surface area contributed by atoms with Crippen molar-refractivity contribution >= 4 is 22.6 Å². The molecule has 0 spiro atoms. The van der Waals surface area contributed by atoms with Crippen LogP contribution in [0.3, 0.4) is 0 Å². The molecular weight excluding hydrogens is 370 g/mol. The summed E-state index contributed by atoms with van der Waals surface area (Å²) in [7, 11) is 1.61. The fourth-order valence-corrected chi connectivity index (χ4v) is 3.32. The van der Waals surface area contributed by atoms with Gasteiger partial charge in [0.1, 0.15) is 16.8 Å². The summed E-state index contributed by atoms with van der Waals surface area (Å²) in [5.74, 6) is -0.342. The number of carbonyl (C=O) groups excluding carboxylic acids is 1. The first-order valence-corrected chi connectivity index (χ1v) is 9.95. The Morgan fingerprint density at radius 1 is 1.28 bits per heavy atom. The van der Waals surface area contributed by atoms with Crippen molar-refractivity contribution in [3.8, 4) is 0 Å². The van der Waals surface area contributed by atoms with Crippen LogP contribution in [-0.4, -0.2) is 40.1 Å². The third kappa shape index (κ3) is 4.37. The van der Waals surface area contributed by atoms with E-state index in [9.17, 15) is 9.59 Å². The van der Waals surface area contributed by atoms with Gasteiger partial charge in [0.05, 0.1) is 10.9 Å². The van der Waals surface area contributed by atoms with Crippen LogP contribution in [0.1, 0.15) is 43.0 Å². The van der Waals surface area contributed by atoms with Gasteiger partial charge in [0.15, 0.2) is 0 Å². The molecule has 0 aliphatic rings. The highest BCUT2D eigenvalue weighted by molar-refractivity contribution is 5.96. The predicted octanol–water partition coefficient (Wildman–Crippen LogP) is 2.09. The standard InChI is InChI=1S/C21H27N5O3/c1-3-4-6-10-23-20(27)15-14-16-19(26(18(15)22)12-8-13-29-2)24-17-9-5-7-11-25(17)21(16)28/h5,7,9,11,14,22H,3-4,6,8,10,12-13H2,1-2H3,(H,23,27). The van der Waals surface area contributed by atoms with Gasteiger partial charge in [-0.05, 0) is 31.0 Å². The average Bonchev–Trinajstić information content (AvgIpc) is 2.73. The number of nitrogens with zero attached hydrogens (tertiary/aromatic N) is 3. The number of unbranched alkanes of at least 4 members (excludes halogenated alkanes) is 2. The maximum absolute atomic E-state index is 13.0. The van der Waals surface area contributed by atoms with Gasteiger partial charge < -0.3 is 14.6 Å². The SMILES string of the molecule is CCCCCNC(=O)c1cc2c(=O)n3ccccc3nc2n(CCCOC)c1=N. The zero-order valence-electron chi connectivity index (χ0n) is 16.9. The normalized spacial score (nSPS) is 11.2. The lowest BCUT2D eigenvalue weighted by Gasteiger charge is -2.14. The van der Waals surface area contributed by atoms with Gasteiger partial charge in [0.2, 0.25) is 0 Å². The first-order valence-electron chi connectivity index (χ1n) is 9.95. The van der Waals surface area contributed by atoms with E-state index in [2.05, 4.69) is 17.2 Å². The molecule has 0 unspecified atom stereocenters. The summed E-state index contributed by atoms with van der Waals surface area (Å²) in [6, 6.07) is 6.81. The maximum atomic E-state index is 13.0. The molecule has 0 aliphatic heterocycles. The van der Waals surface area contributed by atoms with Crippen molar-refractivity contribution in [3.05, 3.63) is 51.9 Å². The Kier molecular flexibility index (Phi) is 6.77. The molecule has 2 N–H and O–H groups in total. The molecular formula is C21H27N5O3. The Labute approximate surface area is 168 Å². The van der Waals surface area contributed by atoms with Crippen molar-refractivity contribution in [2.75, 3.05) is 20.3 Å². The molecule has 0 saturated carbocycles. The van der Waals surface area contributed by atoms with Crippen LogP contribution in [0.5, 0.6) is 0 Å². The second kappa shape index (κ2) is 9.47. The molecule has 0 aromatic carbocycles. The lowest BCUT2D eigenvalue weighted by molar-refractivity contribution is 0.0950. The van der Waals surface area contributed by atoms with Crippen molar-refractivity contribution in [3.63, 3.8) is 0 Å². The lowest BCUT2D eigenvalue weighted by atomic mass is 10.2. The molecule has 0 atom stereocenters. The van der Waals surface area contributed by atoms with Crippen LogP contribution in [0.2, 0.25) is 0 Å². The molecule has 8 nitrogen and oxygen atoms in total. The van der Waals surface area contributed by atoms with Gasteiger partial charge in [-0.2, -0.15) is 0 Å². The molecule has 0 saturated heterocycles. The van der Waals surface area contributed by atoms with E-state index in [-0.39, 0.29) is 22.5 Å². The molecule has 29 heavy (non-hydrogen) atoms. The van der Waals surface area contributed by atoms with E-state index in [4.69, 9.17) is 10.1 Å².